The highest BCUT2D eigenvalue weighted by molar-refractivity contribution is 8.00. The summed E-state index contributed by atoms with van der Waals surface area (Å²) in [5.41, 5.74) is -4.38. The fraction of sp³-hybridized carbons (Fsp3) is 0.444. The van der Waals surface area contributed by atoms with Gasteiger partial charge in [0.05, 0.1) is 23.0 Å². The zero-order chi connectivity index (χ0) is 21.0. The average Bonchev–Trinajstić information content (AvgIpc) is 2.97. The third kappa shape index (κ3) is 5.55. The molecule has 2 atom stereocenters. The van der Waals surface area contributed by atoms with E-state index < -0.39 is 17.7 Å². The van der Waals surface area contributed by atoms with Crippen molar-refractivity contribution in [2.75, 3.05) is 25.0 Å². The first-order chi connectivity index (χ1) is 13.7. The summed E-state index contributed by atoms with van der Waals surface area (Å²) in [6, 6.07) is 4.24. The number of nitrogens with one attached hydrogen (secondary N) is 3. The summed E-state index contributed by atoms with van der Waals surface area (Å²) in [7, 11) is 0. The Hall–Kier alpha value is -2.45. The minimum absolute atomic E-state index is 0.0109. The molecular weight excluding hydrogens is 410 g/mol. The molecule has 3 heterocycles. The van der Waals surface area contributed by atoms with Gasteiger partial charge in [-0.1, -0.05) is 12.0 Å². The third-order valence-corrected chi connectivity index (χ3v) is 5.04. The predicted molar refractivity (Wildman–Crippen MR) is 102 cm³/mol. The molecule has 0 bridgehead atoms. The lowest BCUT2D eigenvalue weighted by atomic mass is 10.1. The highest BCUT2D eigenvalue weighted by atomic mass is 32.2. The van der Waals surface area contributed by atoms with Crippen molar-refractivity contribution in [2.45, 2.75) is 36.0 Å². The normalized spacial score (nSPS) is 19.5. The van der Waals surface area contributed by atoms with Crippen molar-refractivity contribution < 1.29 is 22.4 Å². The van der Waals surface area contributed by atoms with Crippen LogP contribution in [0.5, 0.6) is 0 Å². The van der Waals surface area contributed by atoms with E-state index in [-0.39, 0.29) is 46.9 Å². The first kappa shape index (κ1) is 21.3. The van der Waals surface area contributed by atoms with Crippen molar-refractivity contribution in [1.29, 1.82) is 0 Å². The summed E-state index contributed by atoms with van der Waals surface area (Å²) in [6.07, 6.45) is -0.595. The van der Waals surface area contributed by atoms with Crippen LogP contribution >= 0.6 is 11.8 Å². The van der Waals surface area contributed by atoms with Gasteiger partial charge in [-0.2, -0.15) is 18.3 Å². The zero-order valence-electron chi connectivity index (χ0n) is 15.4. The Morgan fingerprint density at radius 3 is 2.93 bits per heavy atom. The van der Waals surface area contributed by atoms with Crippen LogP contribution in [0.4, 0.5) is 23.4 Å². The van der Waals surface area contributed by atoms with Gasteiger partial charge in [-0.3, -0.25) is 4.79 Å². The number of carbonyl (C=O) groups is 1. The Morgan fingerprint density at radius 1 is 1.45 bits per heavy atom. The second-order valence-electron chi connectivity index (χ2n) is 6.40. The van der Waals surface area contributed by atoms with Gasteiger partial charge in [0.2, 0.25) is 5.91 Å². The van der Waals surface area contributed by atoms with E-state index in [9.17, 15) is 22.4 Å². The summed E-state index contributed by atoms with van der Waals surface area (Å²) in [4.78, 5) is 10.8. The Balaban J connectivity index is 1.98. The molecule has 1 saturated heterocycles. The lowest BCUT2D eigenvalue weighted by Gasteiger charge is -2.28. The Labute approximate surface area is 168 Å². The highest BCUT2D eigenvalue weighted by Crippen LogP contribution is 2.41. The van der Waals surface area contributed by atoms with E-state index in [4.69, 9.17) is 0 Å². The molecule has 11 heteroatoms. The number of thioether (sulfide) groups is 1. The second-order valence-corrected chi connectivity index (χ2v) is 7.48. The number of pyridine rings is 1. The Kier molecular flexibility index (Phi) is 6.54. The SMILES string of the molecule is CC(=O)NCC#Cc1nn2c(N[C@@H]3CCNC[C@@H]3F)cccc2c1SC(F)(F)F. The summed E-state index contributed by atoms with van der Waals surface area (Å²) in [5.74, 6) is 5.28. The van der Waals surface area contributed by atoms with E-state index in [1.165, 1.54) is 17.5 Å². The first-order valence-corrected chi connectivity index (χ1v) is 9.68. The van der Waals surface area contributed by atoms with Gasteiger partial charge in [0.1, 0.15) is 17.7 Å². The van der Waals surface area contributed by atoms with E-state index >= 15 is 0 Å². The van der Waals surface area contributed by atoms with Gasteiger partial charge < -0.3 is 16.0 Å². The molecule has 2 aromatic heterocycles. The number of hydrogen-bond acceptors (Lipinski definition) is 5. The van der Waals surface area contributed by atoms with Gasteiger partial charge in [-0.15, -0.1) is 0 Å². The number of amides is 1. The molecule has 0 saturated carbocycles. The molecule has 0 unspecified atom stereocenters. The Bertz CT molecular complexity index is 949. The molecule has 3 rings (SSSR count). The lowest BCUT2D eigenvalue weighted by molar-refractivity contribution is -0.118. The average molecular weight is 429 g/mol. The smallest absolute Gasteiger partial charge is 0.364 e. The third-order valence-electron chi connectivity index (χ3n) is 4.20. The number of hydrogen-bond donors (Lipinski definition) is 3. The van der Waals surface area contributed by atoms with Gasteiger partial charge in [0.25, 0.3) is 0 Å². The topological polar surface area (TPSA) is 70.5 Å². The number of fused-ring (bicyclic) bond motifs is 1. The molecule has 0 aromatic carbocycles. The minimum Gasteiger partial charge on any atom is -0.364 e. The first-order valence-electron chi connectivity index (χ1n) is 8.87. The van der Waals surface area contributed by atoms with E-state index in [1.807, 2.05) is 0 Å². The number of carbonyl (C=O) groups excluding carboxylic acids is 1. The van der Waals surface area contributed by atoms with E-state index in [0.29, 0.717) is 18.8 Å². The number of rotatable bonds is 4. The van der Waals surface area contributed by atoms with E-state index in [0.717, 1.165) is 0 Å². The minimum atomic E-state index is -4.53. The van der Waals surface area contributed by atoms with Gasteiger partial charge in [0.15, 0.2) is 0 Å². The standard InChI is InChI=1S/C18H19F4N5OS/c1-11(28)24-8-3-4-14-17(29-18(20,21)22)15-5-2-6-16(27(15)26-14)25-13-7-9-23-10-12(13)19/h2,5-6,12-13,23,25H,7-10H2,1H3,(H,24,28)/t12-,13+/m0/s1. The number of piperidine rings is 1. The van der Waals surface area contributed by atoms with Crippen LogP contribution in [-0.2, 0) is 4.79 Å². The summed E-state index contributed by atoms with van der Waals surface area (Å²) < 4.78 is 54.7. The second kappa shape index (κ2) is 8.92. The number of nitrogens with zero attached hydrogens (tertiary/aromatic N) is 2. The van der Waals surface area contributed by atoms with Gasteiger partial charge in [-0.05, 0) is 42.8 Å². The molecule has 3 N–H and O–H groups in total. The van der Waals surface area contributed by atoms with Crippen LogP contribution in [0.25, 0.3) is 5.52 Å². The zero-order valence-corrected chi connectivity index (χ0v) is 16.3. The molecule has 1 fully saturated rings. The van der Waals surface area contributed by atoms with Crippen LogP contribution in [-0.4, -0.2) is 52.9 Å². The Morgan fingerprint density at radius 2 is 2.24 bits per heavy atom. The van der Waals surface area contributed by atoms with Gasteiger partial charge in [0, 0.05) is 13.5 Å². The van der Waals surface area contributed by atoms with Crippen LogP contribution in [0.2, 0.25) is 0 Å². The molecule has 0 aliphatic carbocycles. The number of halogens is 4. The van der Waals surface area contributed by atoms with E-state index in [1.54, 1.807) is 12.1 Å². The predicted octanol–water partition coefficient (Wildman–Crippen LogP) is 2.55. The monoisotopic (exact) mass is 429 g/mol. The van der Waals surface area contributed by atoms with Crippen LogP contribution < -0.4 is 16.0 Å². The van der Waals surface area contributed by atoms with Crippen molar-refractivity contribution in [1.82, 2.24) is 20.2 Å². The maximum atomic E-state index is 14.1. The summed E-state index contributed by atoms with van der Waals surface area (Å²) >= 11 is -0.302. The molecule has 156 valence electrons. The van der Waals surface area contributed by atoms with Crippen molar-refractivity contribution in [3.8, 4) is 11.8 Å². The van der Waals surface area contributed by atoms with Gasteiger partial charge in [-0.25, -0.2) is 8.91 Å². The fourth-order valence-electron chi connectivity index (χ4n) is 2.92. The quantitative estimate of drug-likeness (QED) is 0.396. The molecular formula is C18H19F4N5OS. The lowest BCUT2D eigenvalue weighted by Crippen LogP contribution is -2.45. The van der Waals surface area contributed by atoms with Crippen LogP contribution in [0.15, 0.2) is 23.1 Å². The molecule has 0 spiro atoms. The van der Waals surface area contributed by atoms with Crippen molar-refractivity contribution in [2.24, 2.45) is 0 Å². The molecule has 29 heavy (non-hydrogen) atoms. The van der Waals surface area contributed by atoms with Crippen LogP contribution in [0.3, 0.4) is 0 Å². The molecule has 0 radical (unpaired) electrons. The number of alkyl halides is 4. The van der Waals surface area contributed by atoms with Crippen molar-refractivity contribution in [3.05, 3.63) is 23.9 Å². The fourth-order valence-corrected chi connectivity index (χ4v) is 3.60. The largest absolute Gasteiger partial charge is 0.446 e. The maximum Gasteiger partial charge on any atom is 0.446 e. The summed E-state index contributed by atoms with van der Waals surface area (Å²) in [5, 5.41) is 12.7. The van der Waals surface area contributed by atoms with Crippen LogP contribution in [0.1, 0.15) is 19.0 Å². The van der Waals surface area contributed by atoms with Crippen molar-refractivity contribution in [3.63, 3.8) is 0 Å². The maximum absolute atomic E-state index is 14.1. The molecule has 2 aromatic rings. The van der Waals surface area contributed by atoms with Crippen LogP contribution in [0, 0.1) is 11.8 Å². The molecule has 1 amide bonds. The van der Waals surface area contributed by atoms with E-state index in [2.05, 4.69) is 32.9 Å². The summed E-state index contributed by atoms with van der Waals surface area (Å²) in [6.45, 7) is 2.15. The number of aromatic nitrogens is 2. The highest BCUT2D eigenvalue weighted by Gasteiger charge is 2.33. The van der Waals surface area contributed by atoms with Gasteiger partial charge >= 0.3 is 5.51 Å². The van der Waals surface area contributed by atoms with Crippen molar-refractivity contribution >= 4 is 29.0 Å². The molecule has 6 nitrogen and oxygen atoms in total. The molecule has 1 aliphatic heterocycles. The number of anilines is 1. The molecule has 1 aliphatic rings.